The number of nitrogens with zero attached hydrogens (tertiary/aromatic N) is 2. The molecule has 0 spiro atoms. The number of fused-ring (bicyclic) bond motifs is 1. The van der Waals surface area contributed by atoms with E-state index in [-0.39, 0.29) is 12.3 Å². The third kappa shape index (κ3) is 4.18. The fourth-order valence-corrected chi connectivity index (χ4v) is 5.40. The third-order valence-corrected chi connectivity index (χ3v) is 7.09. The number of rotatable bonds is 6. The Bertz CT molecular complexity index is 1110. The van der Waals surface area contributed by atoms with Gasteiger partial charge in [0.15, 0.2) is 0 Å². The molecule has 1 saturated heterocycles. The molecule has 3 atom stereocenters. The quantitative estimate of drug-likeness (QED) is 0.573. The molecule has 31 heavy (non-hydrogen) atoms. The van der Waals surface area contributed by atoms with Crippen LogP contribution in [0.15, 0.2) is 48.5 Å². The monoisotopic (exact) mass is 456 g/mol. The molecule has 5 rings (SSSR count). The number of aliphatic carboxylic acids is 1. The Morgan fingerprint density at radius 3 is 2.74 bits per heavy atom. The fourth-order valence-electron chi connectivity index (χ4n) is 4.09. The zero-order valence-electron chi connectivity index (χ0n) is 16.6. The van der Waals surface area contributed by atoms with Crippen molar-refractivity contribution in [3.05, 3.63) is 64.1 Å². The van der Waals surface area contributed by atoms with Crippen LogP contribution in [0.4, 0.5) is 0 Å². The number of amides is 1. The SMILES string of the molecule is O=C(O)C[C@@H]1O[C@@H](c2cccc(Cl)c2)[C@H](c2nc3ccccc3s2)N(CC2CC2)C1=O. The maximum atomic E-state index is 13.4. The molecule has 0 unspecified atom stereocenters. The van der Waals surface area contributed by atoms with Gasteiger partial charge in [-0.3, -0.25) is 9.59 Å². The lowest BCUT2D eigenvalue weighted by atomic mass is 9.96. The summed E-state index contributed by atoms with van der Waals surface area (Å²) in [6.07, 6.45) is 0.181. The molecule has 1 aliphatic heterocycles. The minimum absolute atomic E-state index is 0.281. The molecule has 1 saturated carbocycles. The second-order valence-corrected chi connectivity index (χ2v) is 9.60. The number of halogens is 1. The van der Waals surface area contributed by atoms with Gasteiger partial charge in [0, 0.05) is 11.6 Å². The van der Waals surface area contributed by atoms with Crippen molar-refractivity contribution >= 4 is 45.0 Å². The molecule has 1 N–H and O–H groups in total. The van der Waals surface area contributed by atoms with Crippen LogP contribution in [0.25, 0.3) is 10.2 Å². The standard InChI is InChI=1S/C23H21ClN2O4S/c24-15-5-3-4-14(10-15)21-20(22-25-16-6-1-2-7-18(16)31-22)26(12-13-8-9-13)23(29)17(30-21)11-19(27)28/h1-7,10,13,17,20-21H,8-9,11-12H2,(H,27,28)/t17-,20+,21-/m0/s1. The van der Waals surface area contributed by atoms with Gasteiger partial charge in [0.1, 0.15) is 23.3 Å². The second kappa shape index (κ2) is 8.22. The van der Waals surface area contributed by atoms with E-state index in [9.17, 15) is 14.7 Å². The number of hydrogen-bond acceptors (Lipinski definition) is 5. The van der Waals surface area contributed by atoms with Crippen LogP contribution < -0.4 is 0 Å². The lowest BCUT2D eigenvalue weighted by Gasteiger charge is -2.43. The summed E-state index contributed by atoms with van der Waals surface area (Å²) in [6.45, 7) is 0.579. The van der Waals surface area contributed by atoms with Crippen molar-refractivity contribution in [2.75, 3.05) is 6.54 Å². The third-order valence-electron chi connectivity index (χ3n) is 5.74. The Balaban J connectivity index is 1.62. The summed E-state index contributed by atoms with van der Waals surface area (Å²) >= 11 is 7.80. The summed E-state index contributed by atoms with van der Waals surface area (Å²) < 4.78 is 7.22. The number of morpholine rings is 1. The molecule has 3 aromatic rings. The largest absolute Gasteiger partial charge is 0.481 e. The zero-order chi connectivity index (χ0) is 21.5. The lowest BCUT2D eigenvalue weighted by molar-refractivity contribution is -0.179. The van der Waals surface area contributed by atoms with Gasteiger partial charge in [-0.25, -0.2) is 4.98 Å². The van der Waals surface area contributed by atoms with Gasteiger partial charge >= 0.3 is 5.97 Å². The molecule has 1 aromatic heterocycles. The van der Waals surface area contributed by atoms with Crippen molar-refractivity contribution < 1.29 is 19.4 Å². The molecule has 8 heteroatoms. The highest BCUT2D eigenvalue weighted by Gasteiger charge is 2.47. The van der Waals surface area contributed by atoms with Gasteiger partial charge in [-0.15, -0.1) is 11.3 Å². The molecule has 2 aliphatic rings. The number of carbonyl (C=O) groups is 2. The van der Waals surface area contributed by atoms with E-state index in [1.807, 2.05) is 42.5 Å². The van der Waals surface area contributed by atoms with Gasteiger partial charge in [-0.1, -0.05) is 35.9 Å². The number of carbonyl (C=O) groups excluding carboxylic acids is 1. The Hall–Kier alpha value is -2.48. The topological polar surface area (TPSA) is 79.7 Å². The summed E-state index contributed by atoms with van der Waals surface area (Å²) in [4.78, 5) is 31.4. The van der Waals surface area contributed by atoms with Gasteiger partial charge in [0.25, 0.3) is 5.91 Å². The minimum Gasteiger partial charge on any atom is -0.481 e. The van der Waals surface area contributed by atoms with E-state index >= 15 is 0 Å². The van der Waals surface area contributed by atoms with Crippen molar-refractivity contribution in [2.45, 2.75) is 37.5 Å². The summed E-state index contributed by atoms with van der Waals surface area (Å²) in [5, 5.41) is 10.7. The van der Waals surface area contributed by atoms with Crippen LogP contribution in [0, 0.1) is 5.92 Å². The predicted octanol–water partition coefficient (Wildman–Crippen LogP) is 4.84. The van der Waals surface area contributed by atoms with Crippen molar-refractivity contribution in [1.29, 1.82) is 0 Å². The molecule has 0 bridgehead atoms. The van der Waals surface area contributed by atoms with Gasteiger partial charge in [0.05, 0.1) is 16.6 Å². The number of para-hydroxylation sites is 1. The van der Waals surface area contributed by atoms with Gasteiger partial charge in [-0.05, 0) is 48.6 Å². The van der Waals surface area contributed by atoms with Crippen LogP contribution in [0.2, 0.25) is 5.02 Å². The molecular weight excluding hydrogens is 436 g/mol. The number of aromatic nitrogens is 1. The smallest absolute Gasteiger partial charge is 0.306 e. The number of carboxylic acids is 1. The molecule has 6 nitrogen and oxygen atoms in total. The molecule has 2 fully saturated rings. The maximum absolute atomic E-state index is 13.4. The maximum Gasteiger partial charge on any atom is 0.306 e. The zero-order valence-corrected chi connectivity index (χ0v) is 18.2. The van der Waals surface area contributed by atoms with E-state index in [2.05, 4.69) is 0 Å². The Morgan fingerprint density at radius 2 is 2.03 bits per heavy atom. The molecule has 1 aliphatic carbocycles. The first-order valence-corrected chi connectivity index (χ1v) is 11.5. The van der Waals surface area contributed by atoms with Gasteiger partial charge < -0.3 is 14.7 Å². The highest BCUT2D eigenvalue weighted by atomic mass is 35.5. The van der Waals surface area contributed by atoms with Crippen LogP contribution in [0.3, 0.4) is 0 Å². The summed E-state index contributed by atoms with van der Waals surface area (Å²) in [5.74, 6) is -0.908. The first-order chi connectivity index (χ1) is 15.0. The number of carboxylic acid groups (broad SMARTS) is 1. The van der Waals surface area contributed by atoms with Crippen LogP contribution >= 0.6 is 22.9 Å². The van der Waals surface area contributed by atoms with E-state index in [0.717, 1.165) is 33.6 Å². The number of hydrogen-bond donors (Lipinski definition) is 1. The molecule has 1 amide bonds. The van der Waals surface area contributed by atoms with Crippen LogP contribution in [0.1, 0.15) is 42.0 Å². The Kier molecular flexibility index (Phi) is 5.42. The summed E-state index contributed by atoms with van der Waals surface area (Å²) in [7, 11) is 0. The highest BCUT2D eigenvalue weighted by molar-refractivity contribution is 7.18. The second-order valence-electron chi connectivity index (χ2n) is 8.10. The fraction of sp³-hybridized carbons (Fsp3) is 0.348. The minimum atomic E-state index is -1.06. The van der Waals surface area contributed by atoms with Crippen molar-refractivity contribution in [1.82, 2.24) is 9.88 Å². The first-order valence-electron chi connectivity index (χ1n) is 10.3. The average molecular weight is 457 g/mol. The number of ether oxygens (including phenoxy) is 1. The number of thiazole rings is 1. The van der Waals surface area contributed by atoms with Gasteiger partial charge in [0.2, 0.25) is 0 Å². The van der Waals surface area contributed by atoms with Crippen LogP contribution in [-0.4, -0.2) is 39.5 Å². The average Bonchev–Trinajstić information content (AvgIpc) is 3.45. The molecular formula is C23H21ClN2O4S. The Labute approximate surface area is 188 Å². The van der Waals surface area contributed by atoms with Crippen molar-refractivity contribution in [3.63, 3.8) is 0 Å². The first kappa shape index (κ1) is 20.4. The molecule has 2 heterocycles. The normalized spacial score (nSPS) is 24.0. The van der Waals surface area contributed by atoms with E-state index in [4.69, 9.17) is 21.3 Å². The number of benzene rings is 2. The van der Waals surface area contributed by atoms with E-state index < -0.39 is 24.2 Å². The predicted molar refractivity (Wildman–Crippen MR) is 118 cm³/mol. The summed E-state index contributed by atoms with van der Waals surface area (Å²) in [5.41, 5.74) is 1.68. The van der Waals surface area contributed by atoms with E-state index in [1.54, 1.807) is 22.3 Å². The molecule has 160 valence electrons. The molecule has 0 radical (unpaired) electrons. The van der Waals surface area contributed by atoms with Crippen LogP contribution in [-0.2, 0) is 14.3 Å². The van der Waals surface area contributed by atoms with E-state index in [1.165, 1.54) is 0 Å². The van der Waals surface area contributed by atoms with Crippen LogP contribution in [0.5, 0.6) is 0 Å². The highest BCUT2D eigenvalue weighted by Crippen LogP contribution is 2.46. The van der Waals surface area contributed by atoms with E-state index in [0.29, 0.717) is 17.5 Å². The lowest BCUT2D eigenvalue weighted by Crippen LogP contribution is -2.52. The van der Waals surface area contributed by atoms with Gasteiger partial charge in [-0.2, -0.15) is 0 Å². The Morgan fingerprint density at radius 1 is 1.23 bits per heavy atom. The molecule has 2 aromatic carbocycles. The summed E-state index contributed by atoms with van der Waals surface area (Å²) in [6, 6.07) is 14.8. The van der Waals surface area contributed by atoms with Crippen molar-refractivity contribution in [3.8, 4) is 0 Å². The van der Waals surface area contributed by atoms with Crippen molar-refractivity contribution in [2.24, 2.45) is 5.92 Å².